The van der Waals surface area contributed by atoms with Gasteiger partial charge in [-0.1, -0.05) is 17.7 Å². The van der Waals surface area contributed by atoms with Gasteiger partial charge in [-0.2, -0.15) is 5.26 Å². The smallest absolute Gasteiger partial charge is 0.0683 e. The second-order valence-electron chi connectivity index (χ2n) is 4.41. The molecule has 0 aromatic heterocycles. The number of hydrogen-bond donors (Lipinski definition) is 0. The summed E-state index contributed by atoms with van der Waals surface area (Å²) in [6.07, 6.45) is 1.99. The van der Waals surface area contributed by atoms with Crippen LogP contribution in [-0.4, -0.2) is 5.75 Å². The molecular formula is C13H16ClNS. The summed E-state index contributed by atoms with van der Waals surface area (Å²) in [5.41, 5.74) is -0.200. The SMILES string of the molecule is CC(C)(C#N)CCCSc1cccc(Cl)c1. The van der Waals surface area contributed by atoms with E-state index < -0.39 is 0 Å². The van der Waals surface area contributed by atoms with Crippen LogP contribution in [0.25, 0.3) is 0 Å². The third kappa shape index (κ3) is 4.92. The van der Waals surface area contributed by atoms with Gasteiger partial charge in [-0.3, -0.25) is 0 Å². The molecule has 0 radical (unpaired) electrons. The lowest BCUT2D eigenvalue weighted by Gasteiger charge is -2.13. The molecule has 0 aliphatic rings. The van der Waals surface area contributed by atoms with Gasteiger partial charge in [0.05, 0.1) is 11.5 Å². The van der Waals surface area contributed by atoms with Crippen LogP contribution in [0.4, 0.5) is 0 Å². The second-order valence-corrected chi connectivity index (χ2v) is 6.01. The fourth-order valence-electron chi connectivity index (χ4n) is 1.32. The molecule has 86 valence electrons. The Labute approximate surface area is 107 Å². The number of nitrogens with zero attached hydrogens (tertiary/aromatic N) is 1. The van der Waals surface area contributed by atoms with E-state index in [0.717, 1.165) is 23.6 Å². The van der Waals surface area contributed by atoms with Gasteiger partial charge in [0, 0.05) is 9.92 Å². The normalized spacial score (nSPS) is 11.1. The Morgan fingerprint density at radius 3 is 2.81 bits per heavy atom. The van der Waals surface area contributed by atoms with Gasteiger partial charge in [0.1, 0.15) is 0 Å². The second kappa shape index (κ2) is 6.18. The van der Waals surface area contributed by atoms with Gasteiger partial charge in [-0.05, 0) is 50.6 Å². The van der Waals surface area contributed by atoms with E-state index in [0.29, 0.717) is 0 Å². The van der Waals surface area contributed by atoms with Crippen LogP contribution in [0, 0.1) is 16.7 Å². The Balaban J connectivity index is 2.29. The van der Waals surface area contributed by atoms with Crippen LogP contribution in [0.2, 0.25) is 5.02 Å². The van der Waals surface area contributed by atoms with Gasteiger partial charge < -0.3 is 0 Å². The quantitative estimate of drug-likeness (QED) is 0.558. The van der Waals surface area contributed by atoms with Crippen molar-refractivity contribution in [3.8, 4) is 6.07 Å². The van der Waals surface area contributed by atoms with Crippen molar-refractivity contribution in [2.75, 3.05) is 5.75 Å². The molecule has 3 heteroatoms. The summed E-state index contributed by atoms with van der Waals surface area (Å²) in [7, 11) is 0. The lowest BCUT2D eigenvalue weighted by molar-refractivity contribution is 0.448. The lowest BCUT2D eigenvalue weighted by atomic mass is 9.90. The molecule has 0 atom stereocenters. The average molecular weight is 254 g/mol. The van der Waals surface area contributed by atoms with Crippen molar-refractivity contribution >= 4 is 23.4 Å². The van der Waals surface area contributed by atoms with Crippen molar-refractivity contribution in [3.05, 3.63) is 29.3 Å². The van der Waals surface area contributed by atoms with Gasteiger partial charge in [-0.25, -0.2) is 0 Å². The number of halogens is 1. The molecule has 0 aliphatic carbocycles. The molecule has 1 aromatic carbocycles. The van der Waals surface area contributed by atoms with Crippen molar-refractivity contribution in [1.82, 2.24) is 0 Å². The van der Waals surface area contributed by atoms with E-state index in [1.54, 1.807) is 11.8 Å². The highest BCUT2D eigenvalue weighted by atomic mass is 35.5. The van der Waals surface area contributed by atoms with Crippen molar-refractivity contribution in [2.24, 2.45) is 5.41 Å². The van der Waals surface area contributed by atoms with Crippen LogP contribution in [0.3, 0.4) is 0 Å². The molecule has 16 heavy (non-hydrogen) atoms. The molecule has 0 spiro atoms. The minimum absolute atomic E-state index is 0.200. The van der Waals surface area contributed by atoms with Crippen molar-refractivity contribution in [3.63, 3.8) is 0 Å². The monoisotopic (exact) mass is 253 g/mol. The van der Waals surface area contributed by atoms with Crippen LogP contribution < -0.4 is 0 Å². The molecule has 0 amide bonds. The molecule has 0 fully saturated rings. The van der Waals surface area contributed by atoms with Crippen LogP contribution >= 0.6 is 23.4 Å². The van der Waals surface area contributed by atoms with E-state index in [1.807, 2.05) is 32.0 Å². The van der Waals surface area contributed by atoms with Gasteiger partial charge in [0.15, 0.2) is 0 Å². The Kier molecular flexibility index (Phi) is 5.18. The van der Waals surface area contributed by atoms with E-state index in [2.05, 4.69) is 12.1 Å². The summed E-state index contributed by atoms with van der Waals surface area (Å²) in [6.45, 7) is 3.97. The molecule has 0 saturated heterocycles. The maximum Gasteiger partial charge on any atom is 0.0683 e. The molecular weight excluding hydrogens is 238 g/mol. The predicted octanol–water partition coefficient (Wildman–Crippen LogP) is 4.76. The predicted molar refractivity (Wildman–Crippen MR) is 70.8 cm³/mol. The third-order valence-electron chi connectivity index (χ3n) is 2.31. The van der Waals surface area contributed by atoms with E-state index >= 15 is 0 Å². The van der Waals surface area contributed by atoms with Crippen molar-refractivity contribution < 1.29 is 0 Å². The van der Waals surface area contributed by atoms with E-state index in [-0.39, 0.29) is 5.41 Å². The van der Waals surface area contributed by atoms with E-state index in [4.69, 9.17) is 16.9 Å². The number of thioether (sulfide) groups is 1. The Morgan fingerprint density at radius 1 is 1.44 bits per heavy atom. The van der Waals surface area contributed by atoms with E-state index in [1.165, 1.54) is 4.90 Å². The summed E-state index contributed by atoms with van der Waals surface area (Å²) < 4.78 is 0. The molecule has 0 N–H and O–H groups in total. The van der Waals surface area contributed by atoms with Crippen LogP contribution in [0.5, 0.6) is 0 Å². The number of nitriles is 1. The summed E-state index contributed by atoms with van der Waals surface area (Å²) in [6, 6.07) is 10.2. The first kappa shape index (κ1) is 13.4. The molecule has 1 aromatic rings. The molecule has 0 unspecified atom stereocenters. The first-order chi connectivity index (χ1) is 7.53. The highest BCUT2D eigenvalue weighted by Crippen LogP contribution is 2.26. The largest absolute Gasteiger partial charge is 0.198 e. The standard InChI is InChI=1S/C13H16ClNS/c1-13(2,10-15)7-4-8-16-12-6-3-5-11(14)9-12/h3,5-6,9H,4,7-8H2,1-2H3. The first-order valence-corrected chi connectivity index (χ1v) is 6.69. The first-order valence-electron chi connectivity index (χ1n) is 5.33. The Hall–Kier alpha value is -0.650. The highest BCUT2D eigenvalue weighted by Gasteiger charge is 2.15. The number of hydrogen-bond acceptors (Lipinski definition) is 2. The Morgan fingerprint density at radius 2 is 2.19 bits per heavy atom. The van der Waals surface area contributed by atoms with Crippen molar-refractivity contribution in [2.45, 2.75) is 31.6 Å². The fraction of sp³-hybridized carbons (Fsp3) is 0.462. The molecule has 0 bridgehead atoms. The molecule has 0 aliphatic heterocycles. The van der Waals surface area contributed by atoms with Gasteiger partial charge in [-0.15, -0.1) is 11.8 Å². The maximum absolute atomic E-state index is 8.87. The average Bonchev–Trinajstić information content (AvgIpc) is 2.25. The summed E-state index contributed by atoms with van der Waals surface area (Å²) in [5, 5.41) is 9.65. The van der Waals surface area contributed by atoms with Crippen LogP contribution in [0.15, 0.2) is 29.2 Å². The van der Waals surface area contributed by atoms with Gasteiger partial charge in [0.25, 0.3) is 0 Å². The van der Waals surface area contributed by atoms with E-state index in [9.17, 15) is 0 Å². The third-order valence-corrected chi connectivity index (χ3v) is 3.63. The molecule has 0 heterocycles. The molecule has 1 rings (SSSR count). The number of benzene rings is 1. The van der Waals surface area contributed by atoms with Crippen LogP contribution in [-0.2, 0) is 0 Å². The fourth-order valence-corrected chi connectivity index (χ4v) is 2.48. The minimum atomic E-state index is -0.200. The number of rotatable bonds is 5. The lowest BCUT2D eigenvalue weighted by Crippen LogP contribution is -2.07. The van der Waals surface area contributed by atoms with Crippen molar-refractivity contribution in [1.29, 1.82) is 5.26 Å². The van der Waals surface area contributed by atoms with Crippen LogP contribution in [0.1, 0.15) is 26.7 Å². The molecule has 1 nitrogen and oxygen atoms in total. The zero-order chi connectivity index (χ0) is 12.0. The molecule has 0 saturated carbocycles. The summed E-state index contributed by atoms with van der Waals surface area (Å²) in [4.78, 5) is 1.20. The summed E-state index contributed by atoms with van der Waals surface area (Å²) in [5.74, 6) is 1.03. The topological polar surface area (TPSA) is 23.8 Å². The van der Waals surface area contributed by atoms with Gasteiger partial charge >= 0.3 is 0 Å². The minimum Gasteiger partial charge on any atom is -0.198 e. The zero-order valence-electron chi connectivity index (χ0n) is 9.66. The Bertz CT molecular complexity index is 382. The van der Waals surface area contributed by atoms with Gasteiger partial charge in [0.2, 0.25) is 0 Å². The zero-order valence-corrected chi connectivity index (χ0v) is 11.2. The maximum atomic E-state index is 8.87. The summed E-state index contributed by atoms with van der Waals surface area (Å²) >= 11 is 7.69. The highest BCUT2D eigenvalue weighted by molar-refractivity contribution is 7.99.